The number of amides is 3. The van der Waals surface area contributed by atoms with E-state index in [9.17, 15) is 9.59 Å². The molecule has 1 aliphatic rings. The minimum atomic E-state index is -1.09. The van der Waals surface area contributed by atoms with Gasteiger partial charge in [0.05, 0.1) is 12.7 Å². The van der Waals surface area contributed by atoms with E-state index >= 15 is 0 Å². The summed E-state index contributed by atoms with van der Waals surface area (Å²) in [4.78, 5) is 25.8. The van der Waals surface area contributed by atoms with Gasteiger partial charge < -0.3 is 35.4 Å². The maximum absolute atomic E-state index is 13.2. The van der Waals surface area contributed by atoms with Gasteiger partial charge in [-0.2, -0.15) is 0 Å². The highest BCUT2D eigenvalue weighted by atomic mass is 35.5. The van der Waals surface area contributed by atoms with E-state index < -0.39 is 6.09 Å². The van der Waals surface area contributed by atoms with Crippen LogP contribution in [0.15, 0.2) is 24.3 Å². The Hall–Kier alpha value is -2.07. The van der Waals surface area contributed by atoms with Gasteiger partial charge in [0, 0.05) is 50.5 Å². The zero-order valence-corrected chi connectivity index (χ0v) is 21.7. The first-order chi connectivity index (χ1) is 16.9. The molecule has 0 bridgehead atoms. The zero-order chi connectivity index (χ0) is 25.5. The molecule has 1 fully saturated rings. The lowest BCUT2D eigenvalue weighted by Gasteiger charge is -2.30. The number of halogens is 1. The molecule has 1 heterocycles. The molecule has 0 radical (unpaired) electrons. The van der Waals surface area contributed by atoms with Crippen LogP contribution in [0.25, 0.3) is 0 Å². The van der Waals surface area contributed by atoms with Gasteiger partial charge in [0.1, 0.15) is 0 Å². The van der Waals surface area contributed by atoms with Crippen LogP contribution < -0.4 is 16.0 Å². The molecule has 0 spiro atoms. The summed E-state index contributed by atoms with van der Waals surface area (Å²) >= 11 is 6.19. The fraction of sp³-hybridized carbons (Fsp3) is 0.680. The van der Waals surface area contributed by atoms with Gasteiger partial charge in [-0.3, -0.25) is 0 Å². The molecule has 0 saturated carbocycles. The standard InChI is InChI=1S/C25H41ClN4O5/c1-3-11-30(24(31)29-22(17-27-2)15-19-6-5-13-34-18-19)12-9-23(35-14-10-28-25(32)33)20-7-4-8-21(26)16-20/h4,7-8,16,19,22-23,27-28H,3,5-6,9-15,17-18H2,1-2H3,(H,29,31)(H,32,33)/t19-,22+,23-/m1/s1. The topological polar surface area (TPSA) is 112 Å². The molecule has 4 N–H and O–H groups in total. The molecule has 0 aromatic heterocycles. The van der Waals surface area contributed by atoms with Gasteiger partial charge in [0.15, 0.2) is 0 Å². The van der Waals surface area contributed by atoms with E-state index in [1.165, 1.54) is 0 Å². The smallest absolute Gasteiger partial charge is 0.404 e. The lowest BCUT2D eigenvalue weighted by atomic mass is 9.94. The van der Waals surface area contributed by atoms with E-state index in [4.69, 9.17) is 26.2 Å². The number of hydrogen-bond acceptors (Lipinski definition) is 5. The fourth-order valence-electron chi connectivity index (χ4n) is 4.37. The highest BCUT2D eigenvalue weighted by Crippen LogP contribution is 2.25. The van der Waals surface area contributed by atoms with E-state index in [2.05, 4.69) is 16.0 Å². The molecule has 10 heteroatoms. The number of ether oxygens (including phenoxy) is 2. The Morgan fingerprint density at radius 3 is 2.83 bits per heavy atom. The van der Waals surface area contributed by atoms with E-state index in [-0.39, 0.29) is 31.3 Å². The third-order valence-electron chi connectivity index (χ3n) is 6.01. The number of benzene rings is 1. The molecular formula is C25H41ClN4O5. The molecule has 35 heavy (non-hydrogen) atoms. The maximum Gasteiger partial charge on any atom is 0.404 e. The number of carbonyl (C=O) groups is 2. The Bertz CT molecular complexity index is 763. The van der Waals surface area contributed by atoms with E-state index in [1.807, 2.05) is 37.1 Å². The third-order valence-corrected chi connectivity index (χ3v) is 6.25. The number of carboxylic acid groups (broad SMARTS) is 1. The number of nitrogens with one attached hydrogen (secondary N) is 3. The largest absolute Gasteiger partial charge is 0.465 e. The van der Waals surface area contributed by atoms with Crippen LogP contribution in [0.3, 0.4) is 0 Å². The first-order valence-electron chi connectivity index (χ1n) is 12.5. The molecule has 3 amide bonds. The van der Waals surface area contributed by atoms with E-state index in [0.29, 0.717) is 37.0 Å². The summed E-state index contributed by atoms with van der Waals surface area (Å²) in [5.41, 5.74) is 0.898. The Balaban J connectivity index is 1.99. The molecule has 1 aromatic rings. The molecule has 1 aromatic carbocycles. The lowest BCUT2D eigenvalue weighted by Crippen LogP contribution is -2.49. The average Bonchev–Trinajstić information content (AvgIpc) is 2.83. The summed E-state index contributed by atoms with van der Waals surface area (Å²) in [6.45, 7) is 5.87. The second kappa shape index (κ2) is 16.6. The van der Waals surface area contributed by atoms with Gasteiger partial charge in [0.2, 0.25) is 0 Å². The number of urea groups is 1. The van der Waals surface area contributed by atoms with Crippen LogP contribution >= 0.6 is 11.6 Å². The minimum Gasteiger partial charge on any atom is -0.465 e. The molecule has 1 saturated heterocycles. The molecule has 198 valence electrons. The molecule has 3 atom stereocenters. The van der Waals surface area contributed by atoms with Crippen molar-refractivity contribution in [1.29, 1.82) is 0 Å². The van der Waals surface area contributed by atoms with Crippen LogP contribution in [-0.2, 0) is 9.47 Å². The predicted octanol–water partition coefficient (Wildman–Crippen LogP) is 3.88. The van der Waals surface area contributed by atoms with Crippen molar-refractivity contribution in [3.05, 3.63) is 34.9 Å². The van der Waals surface area contributed by atoms with Crippen LogP contribution in [0.1, 0.15) is 50.7 Å². The van der Waals surface area contributed by atoms with Gasteiger partial charge >= 0.3 is 12.1 Å². The Labute approximate surface area is 213 Å². The van der Waals surface area contributed by atoms with Crippen molar-refractivity contribution in [2.75, 3.05) is 53.0 Å². The molecular weight excluding hydrogens is 472 g/mol. The van der Waals surface area contributed by atoms with Crippen molar-refractivity contribution < 1.29 is 24.2 Å². The highest BCUT2D eigenvalue weighted by Gasteiger charge is 2.23. The van der Waals surface area contributed by atoms with Crippen LogP contribution in [0.2, 0.25) is 5.02 Å². The van der Waals surface area contributed by atoms with Crippen molar-refractivity contribution in [1.82, 2.24) is 20.9 Å². The minimum absolute atomic E-state index is 0.0284. The van der Waals surface area contributed by atoms with Crippen LogP contribution in [0.4, 0.5) is 9.59 Å². The number of hydrogen-bond donors (Lipinski definition) is 4. The van der Waals surface area contributed by atoms with Crippen LogP contribution in [0.5, 0.6) is 0 Å². The Morgan fingerprint density at radius 1 is 1.34 bits per heavy atom. The van der Waals surface area contributed by atoms with Crippen molar-refractivity contribution in [2.45, 2.75) is 51.2 Å². The summed E-state index contributed by atoms with van der Waals surface area (Å²) in [5.74, 6) is 0.460. The summed E-state index contributed by atoms with van der Waals surface area (Å²) in [5, 5.41) is 18.1. The summed E-state index contributed by atoms with van der Waals surface area (Å²) in [6, 6.07) is 7.38. The Kier molecular flexibility index (Phi) is 13.8. The average molecular weight is 513 g/mol. The molecule has 9 nitrogen and oxygen atoms in total. The van der Waals surface area contributed by atoms with Crippen molar-refractivity contribution in [2.24, 2.45) is 5.92 Å². The normalized spacial score (nSPS) is 17.4. The van der Waals surface area contributed by atoms with Gasteiger partial charge in [0.25, 0.3) is 0 Å². The molecule has 2 rings (SSSR count). The fourth-order valence-corrected chi connectivity index (χ4v) is 4.57. The monoisotopic (exact) mass is 512 g/mol. The van der Waals surface area contributed by atoms with E-state index in [1.54, 1.807) is 6.07 Å². The van der Waals surface area contributed by atoms with Crippen molar-refractivity contribution >= 4 is 23.7 Å². The zero-order valence-electron chi connectivity index (χ0n) is 20.9. The number of nitrogens with zero attached hydrogens (tertiary/aromatic N) is 1. The molecule has 0 aliphatic carbocycles. The Morgan fingerprint density at radius 2 is 2.17 bits per heavy atom. The molecule has 1 aliphatic heterocycles. The van der Waals surface area contributed by atoms with E-state index in [0.717, 1.165) is 44.5 Å². The number of likely N-dealkylation sites (N-methyl/N-ethyl adjacent to an activating group) is 1. The van der Waals surface area contributed by atoms with Gasteiger partial charge in [-0.1, -0.05) is 30.7 Å². The first kappa shape index (κ1) is 29.2. The van der Waals surface area contributed by atoms with Gasteiger partial charge in [-0.25, -0.2) is 9.59 Å². The second-order valence-electron chi connectivity index (χ2n) is 8.95. The third kappa shape index (κ3) is 11.5. The predicted molar refractivity (Wildman–Crippen MR) is 137 cm³/mol. The first-order valence-corrected chi connectivity index (χ1v) is 12.9. The van der Waals surface area contributed by atoms with Gasteiger partial charge in [-0.15, -0.1) is 0 Å². The summed E-state index contributed by atoms with van der Waals surface area (Å²) in [6.07, 6.45) is 3.08. The summed E-state index contributed by atoms with van der Waals surface area (Å²) in [7, 11) is 1.90. The maximum atomic E-state index is 13.2. The second-order valence-corrected chi connectivity index (χ2v) is 9.38. The van der Waals surface area contributed by atoms with Gasteiger partial charge in [-0.05, 0) is 62.8 Å². The highest BCUT2D eigenvalue weighted by molar-refractivity contribution is 6.30. The number of rotatable bonds is 15. The number of carbonyl (C=O) groups excluding carboxylic acids is 1. The quantitative estimate of drug-likeness (QED) is 0.265. The van der Waals surface area contributed by atoms with Crippen LogP contribution in [-0.4, -0.2) is 81.2 Å². The summed E-state index contributed by atoms with van der Waals surface area (Å²) < 4.78 is 11.6. The van der Waals surface area contributed by atoms with Crippen LogP contribution in [0, 0.1) is 5.92 Å². The van der Waals surface area contributed by atoms with Crippen molar-refractivity contribution in [3.63, 3.8) is 0 Å². The molecule has 0 unspecified atom stereocenters. The van der Waals surface area contributed by atoms with Crippen molar-refractivity contribution in [3.8, 4) is 0 Å². The lowest BCUT2D eigenvalue weighted by molar-refractivity contribution is 0.0421. The SMILES string of the molecule is CCCN(CC[C@@H](OCCNC(=O)O)c1cccc(Cl)c1)C(=O)N[C@H](CNC)C[C@H]1CCCOC1.